The Morgan fingerprint density at radius 1 is 1.18 bits per heavy atom. The van der Waals surface area contributed by atoms with Gasteiger partial charge in [0.05, 0.1) is 20.2 Å². The van der Waals surface area contributed by atoms with Crippen molar-refractivity contribution in [3.05, 3.63) is 52.1 Å². The van der Waals surface area contributed by atoms with Crippen molar-refractivity contribution in [2.24, 2.45) is 0 Å². The summed E-state index contributed by atoms with van der Waals surface area (Å²) in [6.07, 6.45) is 1.87. The molecule has 3 aromatic rings. The van der Waals surface area contributed by atoms with Crippen molar-refractivity contribution >= 4 is 39.0 Å². The highest BCUT2D eigenvalue weighted by atomic mass is 35.5. The molecular formula is C16H13ClN4S. The van der Waals surface area contributed by atoms with Gasteiger partial charge in [-0.1, -0.05) is 23.7 Å². The summed E-state index contributed by atoms with van der Waals surface area (Å²) in [5, 5.41) is 13.6. The van der Waals surface area contributed by atoms with Gasteiger partial charge in [0.1, 0.15) is 11.9 Å². The van der Waals surface area contributed by atoms with Gasteiger partial charge in [-0.2, -0.15) is 5.26 Å². The highest BCUT2D eigenvalue weighted by Crippen LogP contribution is 2.22. The predicted molar refractivity (Wildman–Crippen MR) is 90.4 cm³/mol. The van der Waals surface area contributed by atoms with Crippen molar-refractivity contribution in [3.63, 3.8) is 0 Å². The largest absolute Gasteiger partial charge is 0.370 e. The summed E-state index contributed by atoms with van der Waals surface area (Å²) >= 11 is 7.59. The van der Waals surface area contributed by atoms with Gasteiger partial charge < -0.3 is 5.32 Å². The summed E-state index contributed by atoms with van der Waals surface area (Å²) < 4.78 is 1.23. The Morgan fingerprint density at radius 2 is 2.05 bits per heavy atom. The van der Waals surface area contributed by atoms with Gasteiger partial charge in [0.2, 0.25) is 0 Å². The number of nitrogens with zero attached hydrogens (tertiary/aromatic N) is 3. The Morgan fingerprint density at radius 3 is 2.86 bits per heavy atom. The van der Waals surface area contributed by atoms with Gasteiger partial charge in [-0.15, -0.1) is 11.3 Å². The first-order valence-corrected chi connectivity index (χ1v) is 8.10. The van der Waals surface area contributed by atoms with E-state index in [2.05, 4.69) is 21.4 Å². The Bertz CT molecular complexity index is 805. The Hall–Kier alpha value is -2.16. The van der Waals surface area contributed by atoms with Gasteiger partial charge in [0.25, 0.3) is 0 Å². The van der Waals surface area contributed by atoms with Crippen molar-refractivity contribution < 1.29 is 0 Å². The van der Waals surface area contributed by atoms with Gasteiger partial charge in [-0.25, -0.2) is 9.97 Å². The summed E-state index contributed by atoms with van der Waals surface area (Å²) in [4.78, 5) is 8.76. The van der Waals surface area contributed by atoms with E-state index in [1.807, 2.05) is 24.3 Å². The number of hydrogen-bond acceptors (Lipinski definition) is 5. The molecule has 0 bridgehead atoms. The van der Waals surface area contributed by atoms with Crippen LogP contribution in [0.4, 0.5) is 5.82 Å². The third-order valence-corrected chi connectivity index (χ3v) is 4.56. The number of para-hydroxylation sites is 1. The number of fused-ring (bicyclic) bond motifs is 1. The normalized spacial score (nSPS) is 10.5. The van der Waals surface area contributed by atoms with Crippen LogP contribution < -0.4 is 5.32 Å². The van der Waals surface area contributed by atoms with E-state index < -0.39 is 0 Å². The molecule has 0 aliphatic heterocycles. The van der Waals surface area contributed by atoms with Crippen LogP contribution in [0.5, 0.6) is 0 Å². The minimum absolute atomic E-state index is 0.248. The summed E-state index contributed by atoms with van der Waals surface area (Å²) in [6, 6.07) is 13.6. The topological polar surface area (TPSA) is 61.6 Å². The summed E-state index contributed by atoms with van der Waals surface area (Å²) in [5.41, 5.74) is 1.31. The summed E-state index contributed by atoms with van der Waals surface area (Å²) in [7, 11) is 0. The first kappa shape index (κ1) is 14.8. The molecule has 0 amide bonds. The smallest absolute Gasteiger partial charge is 0.161 e. The highest BCUT2D eigenvalue weighted by Gasteiger charge is 2.04. The maximum Gasteiger partial charge on any atom is 0.161 e. The Labute approximate surface area is 137 Å². The number of thiazole rings is 1. The van der Waals surface area contributed by atoms with Gasteiger partial charge in [0.15, 0.2) is 5.69 Å². The maximum atomic E-state index is 8.90. The number of nitrogens with one attached hydrogen (secondary N) is 1. The first-order chi connectivity index (χ1) is 10.8. The van der Waals surface area contributed by atoms with E-state index in [9.17, 15) is 0 Å². The Balaban J connectivity index is 1.54. The molecule has 22 heavy (non-hydrogen) atoms. The van der Waals surface area contributed by atoms with Crippen molar-refractivity contribution in [2.75, 3.05) is 11.9 Å². The molecule has 0 aliphatic carbocycles. The molecule has 3 rings (SSSR count). The molecule has 0 fully saturated rings. The lowest BCUT2D eigenvalue weighted by Crippen LogP contribution is -2.05. The fourth-order valence-electron chi connectivity index (χ4n) is 2.10. The lowest BCUT2D eigenvalue weighted by atomic mass is 10.3. The second kappa shape index (κ2) is 6.73. The van der Waals surface area contributed by atoms with Crippen LogP contribution in [0.2, 0.25) is 5.02 Å². The lowest BCUT2D eigenvalue weighted by molar-refractivity contribution is 0.853. The zero-order valence-corrected chi connectivity index (χ0v) is 13.3. The molecule has 1 aromatic carbocycles. The summed E-state index contributed by atoms with van der Waals surface area (Å²) in [5.74, 6) is 0.672. The van der Waals surface area contributed by atoms with Crippen LogP contribution in [0.25, 0.3) is 10.2 Å². The monoisotopic (exact) mass is 328 g/mol. The average molecular weight is 329 g/mol. The fourth-order valence-corrected chi connectivity index (χ4v) is 3.26. The van der Waals surface area contributed by atoms with Crippen LogP contribution >= 0.6 is 22.9 Å². The van der Waals surface area contributed by atoms with Crippen LogP contribution in [0, 0.1) is 11.3 Å². The molecule has 0 atom stereocenters. The molecule has 1 N–H and O–H groups in total. The molecule has 0 saturated heterocycles. The number of halogens is 1. The molecule has 0 unspecified atom stereocenters. The number of hydrogen-bond donors (Lipinski definition) is 1. The minimum atomic E-state index is 0.248. The number of rotatable bonds is 5. The fraction of sp³-hybridized carbons (Fsp3) is 0.188. The highest BCUT2D eigenvalue weighted by molar-refractivity contribution is 7.18. The third-order valence-electron chi connectivity index (χ3n) is 3.16. The van der Waals surface area contributed by atoms with Gasteiger partial charge in [0, 0.05) is 13.0 Å². The number of aromatic nitrogens is 2. The van der Waals surface area contributed by atoms with Gasteiger partial charge in [-0.05, 0) is 30.7 Å². The van der Waals surface area contributed by atoms with Crippen molar-refractivity contribution in [2.45, 2.75) is 12.8 Å². The zero-order valence-electron chi connectivity index (χ0n) is 11.7. The molecule has 0 radical (unpaired) electrons. The number of benzene rings is 1. The lowest BCUT2D eigenvalue weighted by Gasteiger charge is -2.05. The maximum absolute atomic E-state index is 8.90. The van der Waals surface area contributed by atoms with Crippen molar-refractivity contribution in [1.29, 1.82) is 5.26 Å². The molecule has 6 heteroatoms. The standard InChI is InChI=1S/C16H13ClN4S/c17-11-7-8-15(20-13(11)10-18)19-9-3-6-16-21-12-4-1-2-5-14(12)22-16/h1-2,4-5,7-8H,3,6,9H2,(H,19,20). The molecule has 4 nitrogen and oxygen atoms in total. The molecule has 110 valence electrons. The minimum Gasteiger partial charge on any atom is -0.370 e. The van der Waals surface area contributed by atoms with E-state index in [1.54, 1.807) is 23.5 Å². The molecule has 0 aliphatic rings. The molecule has 2 aromatic heterocycles. The number of anilines is 1. The second-order valence-corrected chi connectivity index (χ2v) is 6.27. The van der Waals surface area contributed by atoms with E-state index in [4.69, 9.17) is 16.9 Å². The number of aryl methyl sites for hydroxylation is 1. The van der Waals surface area contributed by atoms with E-state index in [1.165, 1.54) is 4.70 Å². The van der Waals surface area contributed by atoms with E-state index in [0.717, 1.165) is 29.9 Å². The molecule has 0 saturated carbocycles. The zero-order chi connectivity index (χ0) is 15.4. The van der Waals surface area contributed by atoms with Crippen LogP contribution in [0.1, 0.15) is 17.1 Å². The van der Waals surface area contributed by atoms with Gasteiger partial charge in [-0.3, -0.25) is 0 Å². The number of pyridine rings is 1. The van der Waals surface area contributed by atoms with Gasteiger partial charge >= 0.3 is 0 Å². The average Bonchev–Trinajstić information content (AvgIpc) is 2.95. The van der Waals surface area contributed by atoms with Crippen LogP contribution in [0.15, 0.2) is 36.4 Å². The van der Waals surface area contributed by atoms with Crippen LogP contribution in [-0.4, -0.2) is 16.5 Å². The van der Waals surface area contributed by atoms with E-state index >= 15 is 0 Å². The second-order valence-electron chi connectivity index (χ2n) is 4.74. The SMILES string of the molecule is N#Cc1nc(NCCCc2nc3ccccc3s2)ccc1Cl. The van der Waals surface area contributed by atoms with Crippen molar-refractivity contribution in [1.82, 2.24) is 9.97 Å². The number of nitriles is 1. The molecular weight excluding hydrogens is 316 g/mol. The predicted octanol–water partition coefficient (Wildman–Crippen LogP) is 4.26. The molecule has 0 spiro atoms. The first-order valence-electron chi connectivity index (χ1n) is 6.91. The van der Waals surface area contributed by atoms with Crippen LogP contribution in [-0.2, 0) is 6.42 Å². The Kier molecular flexibility index (Phi) is 4.52. The van der Waals surface area contributed by atoms with Crippen molar-refractivity contribution in [3.8, 4) is 6.07 Å². The molecule has 2 heterocycles. The third kappa shape index (κ3) is 3.35. The van der Waals surface area contributed by atoms with E-state index in [0.29, 0.717) is 10.8 Å². The summed E-state index contributed by atoms with van der Waals surface area (Å²) in [6.45, 7) is 0.773. The van der Waals surface area contributed by atoms with Crippen LogP contribution in [0.3, 0.4) is 0 Å². The quantitative estimate of drug-likeness (QED) is 0.711. The van der Waals surface area contributed by atoms with E-state index in [-0.39, 0.29) is 5.69 Å².